The van der Waals surface area contributed by atoms with Crippen LogP contribution in [0, 0.1) is 23.7 Å². The van der Waals surface area contributed by atoms with Gasteiger partial charge in [-0.25, -0.2) is 0 Å². The maximum atomic E-state index is 6.77. The van der Waals surface area contributed by atoms with Crippen LogP contribution in [-0.4, -0.2) is 0 Å². The van der Waals surface area contributed by atoms with E-state index in [1.165, 1.54) is 77.6 Å². The predicted octanol–water partition coefficient (Wildman–Crippen LogP) is 14.9. The Morgan fingerprint density at radius 1 is 0.526 bits per heavy atom. The molecule has 3 nitrogen and oxygen atoms in total. The number of benzene rings is 6. The van der Waals surface area contributed by atoms with E-state index >= 15 is 0 Å². The molecule has 0 unspecified atom stereocenters. The third-order valence-electron chi connectivity index (χ3n) is 15.5. The number of fused-ring (bicyclic) bond motifs is 6. The molecule has 0 atom stereocenters. The van der Waals surface area contributed by atoms with Crippen molar-refractivity contribution < 1.29 is 9.15 Å². The van der Waals surface area contributed by atoms with Crippen molar-refractivity contribution in [3.8, 4) is 22.6 Å². The van der Waals surface area contributed by atoms with Crippen molar-refractivity contribution in [1.82, 2.24) is 0 Å². The van der Waals surface area contributed by atoms with Gasteiger partial charge in [0.1, 0.15) is 22.7 Å². The van der Waals surface area contributed by atoms with Gasteiger partial charge >= 0.3 is 0 Å². The first kappa shape index (κ1) is 33.8. The smallest absolute Gasteiger partial charge is 0.137 e. The van der Waals surface area contributed by atoms with Crippen LogP contribution in [-0.2, 0) is 16.2 Å². The van der Waals surface area contributed by atoms with Crippen molar-refractivity contribution in [3.63, 3.8) is 0 Å². The topological polar surface area (TPSA) is 25.6 Å². The van der Waals surface area contributed by atoms with Crippen molar-refractivity contribution in [2.75, 3.05) is 4.90 Å². The van der Waals surface area contributed by atoms with E-state index in [1.54, 1.807) is 0 Å². The summed E-state index contributed by atoms with van der Waals surface area (Å²) in [5.41, 5.74) is 13.8. The van der Waals surface area contributed by atoms with E-state index in [4.69, 9.17) is 9.15 Å². The second-order valence-electron chi connectivity index (χ2n) is 19.6. The zero-order valence-corrected chi connectivity index (χ0v) is 33.6. The quantitative estimate of drug-likeness (QED) is 0.179. The summed E-state index contributed by atoms with van der Waals surface area (Å²) in [4.78, 5) is 2.53. The fourth-order valence-corrected chi connectivity index (χ4v) is 13.1. The van der Waals surface area contributed by atoms with Gasteiger partial charge in [-0.05, 0) is 156 Å². The van der Waals surface area contributed by atoms with Gasteiger partial charge in [0.25, 0.3) is 0 Å². The van der Waals surface area contributed by atoms with Gasteiger partial charge in [0.15, 0.2) is 0 Å². The zero-order valence-electron chi connectivity index (χ0n) is 33.6. The molecule has 6 aliphatic rings. The Bertz CT molecular complexity index is 2720. The van der Waals surface area contributed by atoms with Crippen LogP contribution < -0.4 is 9.64 Å². The Labute approximate surface area is 336 Å². The van der Waals surface area contributed by atoms with Gasteiger partial charge in [0.05, 0.1) is 16.8 Å². The number of rotatable bonds is 4. The highest BCUT2D eigenvalue weighted by atomic mass is 16.5. The minimum atomic E-state index is 0.0176. The van der Waals surface area contributed by atoms with Crippen LogP contribution in [0.2, 0.25) is 0 Å². The summed E-state index contributed by atoms with van der Waals surface area (Å²) in [6.07, 6.45) is 9.18. The van der Waals surface area contributed by atoms with Crippen LogP contribution in [0.4, 0.5) is 17.1 Å². The first-order valence-corrected chi connectivity index (χ1v) is 21.6. The summed E-state index contributed by atoms with van der Waals surface area (Å²) in [5.74, 6) is 5.28. The van der Waals surface area contributed by atoms with Crippen LogP contribution >= 0.6 is 0 Å². The molecule has 7 aromatic rings. The van der Waals surface area contributed by atoms with Crippen molar-refractivity contribution in [3.05, 3.63) is 150 Å². The molecule has 284 valence electrons. The molecule has 13 rings (SSSR count). The minimum absolute atomic E-state index is 0.0176. The van der Waals surface area contributed by atoms with E-state index in [1.807, 2.05) is 0 Å². The molecular formula is C54H51NO2. The minimum Gasteiger partial charge on any atom is -0.457 e. The molecule has 0 N–H and O–H groups in total. The first-order chi connectivity index (χ1) is 27.7. The van der Waals surface area contributed by atoms with Gasteiger partial charge in [-0.2, -0.15) is 0 Å². The fourth-order valence-electron chi connectivity index (χ4n) is 13.1. The fraction of sp³-hybridized carbons (Fsp3) is 0.333. The molecule has 1 spiro atoms. The summed E-state index contributed by atoms with van der Waals surface area (Å²) in [6.45, 7) is 9.72. The lowest BCUT2D eigenvalue weighted by molar-refractivity contribution is -0.0452. The number of ether oxygens (including phenoxy) is 1. The van der Waals surface area contributed by atoms with Crippen LogP contribution in [0.25, 0.3) is 33.1 Å². The molecule has 6 aromatic carbocycles. The Morgan fingerprint density at radius 2 is 1.16 bits per heavy atom. The van der Waals surface area contributed by atoms with Gasteiger partial charge in [0.2, 0.25) is 0 Å². The molecule has 0 saturated heterocycles. The van der Waals surface area contributed by atoms with Crippen molar-refractivity contribution in [2.45, 2.75) is 88.9 Å². The maximum absolute atomic E-state index is 6.77. The van der Waals surface area contributed by atoms with Gasteiger partial charge in [-0.1, -0.05) is 100 Å². The van der Waals surface area contributed by atoms with E-state index in [-0.39, 0.29) is 16.2 Å². The monoisotopic (exact) mass is 745 g/mol. The molecule has 4 bridgehead atoms. The van der Waals surface area contributed by atoms with Crippen molar-refractivity contribution in [1.29, 1.82) is 0 Å². The zero-order chi connectivity index (χ0) is 38.3. The van der Waals surface area contributed by atoms with E-state index in [9.17, 15) is 0 Å². The summed E-state index contributed by atoms with van der Waals surface area (Å²) in [5, 5.41) is 2.30. The number of furan rings is 1. The molecule has 57 heavy (non-hydrogen) atoms. The molecular weight excluding hydrogens is 695 g/mol. The lowest BCUT2D eigenvalue weighted by atomic mass is 9.41. The third kappa shape index (κ3) is 4.78. The number of para-hydroxylation sites is 2. The number of anilines is 3. The summed E-state index contributed by atoms with van der Waals surface area (Å²) >= 11 is 0. The van der Waals surface area contributed by atoms with Crippen LogP contribution in [0.15, 0.2) is 132 Å². The maximum Gasteiger partial charge on any atom is 0.137 e. The van der Waals surface area contributed by atoms with Gasteiger partial charge in [0, 0.05) is 27.6 Å². The predicted molar refractivity (Wildman–Crippen MR) is 233 cm³/mol. The lowest BCUT2D eigenvalue weighted by Gasteiger charge is -2.63. The summed E-state index contributed by atoms with van der Waals surface area (Å²) < 4.78 is 13.3. The standard InChI is InChI=1S/C54H51NO2/c1-52(2)25-26-53(3,4)51-42(52)13-9-15-45(51)55(44-14-10-18-49-50(44)40-11-5-7-16-46(40)56-49)39-22-19-35(20-23-39)36-21-24-48-43(32-36)54(41-12-6-8-17-47(41)57-48)37-28-33-27-34(30-37)31-38(54)29-33/h5-24,32-34,37-38H,25-31H2,1-4H3. The van der Waals surface area contributed by atoms with Crippen molar-refractivity contribution in [2.24, 2.45) is 23.7 Å². The lowest BCUT2D eigenvalue weighted by Crippen LogP contribution is -2.56. The summed E-state index contributed by atoms with van der Waals surface area (Å²) in [6, 6.07) is 47.5. The van der Waals surface area contributed by atoms with Gasteiger partial charge in [-0.15, -0.1) is 0 Å². The summed E-state index contributed by atoms with van der Waals surface area (Å²) in [7, 11) is 0. The Morgan fingerprint density at radius 3 is 1.96 bits per heavy atom. The van der Waals surface area contributed by atoms with Gasteiger partial charge < -0.3 is 14.1 Å². The molecule has 4 saturated carbocycles. The second-order valence-corrected chi connectivity index (χ2v) is 19.6. The second kappa shape index (κ2) is 11.9. The molecule has 5 aliphatic carbocycles. The highest BCUT2D eigenvalue weighted by Crippen LogP contribution is 2.69. The molecule has 1 aromatic heterocycles. The normalized spacial score (nSPS) is 25.9. The highest BCUT2D eigenvalue weighted by molar-refractivity contribution is 6.13. The third-order valence-corrected chi connectivity index (χ3v) is 15.5. The average Bonchev–Trinajstić information content (AvgIpc) is 3.61. The van der Waals surface area contributed by atoms with Crippen LogP contribution in [0.3, 0.4) is 0 Å². The molecule has 2 heterocycles. The van der Waals surface area contributed by atoms with E-state index in [0.29, 0.717) is 11.8 Å². The average molecular weight is 746 g/mol. The van der Waals surface area contributed by atoms with Gasteiger partial charge in [-0.3, -0.25) is 0 Å². The number of hydrogen-bond donors (Lipinski definition) is 0. The largest absolute Gasteiger partial charge is 0.457 e. The molecule has 0 amide bonds. The number of hydrogen-bond acceptors (Lipinski definition) is 3. The Balaban J connectivity index is 1.02. The highest BCUT2D eigenvalue weighted by Gasteiger charge is 2.61. The Kier molecular flexibility index (Phi) is 7.05. The molecule has 3 heteroatoms. The van der Waals surface area contributed by atoms with Crippen LogP contribution in [0.5, 0.6) is 11.5 Å². The number of nitrogens with zero attached hydrogens (tertiary/aromatic N) is 1. The molecule has 1 aliphatic heterocycles. The van der Waals surface area contributed by atoms with Crippen molar-refractivity contribution >= 4 is 39.0 Å². The molecule has 4 fully saturated rings. The van der Waals surface area contributed by atoms with E-state index < -0.39 is 0 Å². The van der Waals surface area contributed by atoms with Crippen LogP contribution in [0.1, 0.15) is 94.9 Å². The van der Waals surface area contributed by atoms with E-state index in [2.05, 4.69) is 160 Å². The first-order valence-electron chi connectivity index (χ1n) is 21.6. The van der Waals surface area contributed by atoms with E-state index in [0.717, 1.165) is 63.1 Å². The Hall–Kier alpha value is -5.28. The SMILES string of the molecule is CC1(C)CCC(C)(C)c2c(N(c3ccc(-c4ccc5c(c4)C4(c6ccccc6O5)C5CC6CC(C5)CC4C6)cc3)c3cccc4oc5ccccc5c34)cccc21. The molecule has 0 radical (unpaired) electrons.